The lowest BCUT2D eigenvalue weighted by Gasteiger charge is -2.62. The number of rotatable bonds is 14. The molecule has 56 heavy (non-hydrogen) atoms. The van der Waals surface area contributed by atoms with Gasteiger partial charge in [0.25, 0.3) is 5.91 Å². The Bertz CT molecular complexity index is 1870. The highest BCUT2D eigenvalue weighted by atomic mass is 19.1. The van der Waals surface area contributed by atoms with Crippen LogP contribution in [-0.2, 0) is 22.6 Å². The van der Waals surface area contributed by atoms with E-state index < -0.39 is 30.2 Å². The molecule has 304 valence electrons. The molecule has 0 aromatic heterocycles. The third kappa shape index (κ3) is 8.60. The first-order chi connectivity index (χ1) is 26.5. The molecule has 7 rings (SSSR count). The lowest BCUT2D eigenvalue weighted by atomic mass is 9.45. The van der Waals surface area contributed by atoms with E-state index in [0.29, 0.717) is 52.8 Å². The van der Waals surface area contributed by atoms with Gasteiger partial charge < -0.3 is 35.4 Å². The van der Waals surface area contributed by atoms with E-state index in [0.717, 1.165) is 24.1 Å². The predicted molar refractivity (Wildman–Crippen MR) is 215 cm³/mol. The van der Waals surface area contributed by atoms with Crippen LogP contribution in [0.2, 0.25) is 0 Å². The molecule has 2 bridgehead atoms. The number of hydrogen-bond acceptors (Lipinski definition) is 9. The van der Waals surface area contributed by atoms with E-state index in [9.17, 15) is 19.8 Å². The van der Waals surface area contributed by atoms with Crippen LogP contribution in [0.25, 0.3) is 11.1 Å². The van der Waals surface area contributed by atoms with Crippen LogP contribution in [0.4, 0.5) is 10.1 Å². The molecule has 3 aromatic rings. The molecule has 2 amide bonds. The Morgan fingerprint density at radius 2 is 1.79 bits per heavy atom. The van der Waals surface area contributed by atoms with Crippen molar-refractivity contribution in [1.82, 2.24) is 20.6 Å². The fraction of sp³-hybridized carbons (Fsp3) is 0.545. The summed E-state index contributed by atoms with van der Waals surface area (Å²) in [5.41, 5.74) is 3.79. The Balaban J connectivity index is 1.30. The molecule has 3 saturated carbocycles. The van der Waals surface area contributed by atoms with Gasteiger partial charge in [0.15, 0.2) is 6.29 Å². The van der Waals surface area contributed by atoms with Crippen molar-refractivity contribution in [3.8, 4) is 16.9 Å². The maximum absolute atomic E-state index is 15.7. The summed E-state index contributed by atoms with van der Waals surface area (Å²) >= 11 is 0. The Morgan fingerprint density at radius 3 is 2.39 bits per heavy atom. The topological polar surface area (TPSA) is 127 Å². The maximum Gasteiger partial charge on any atom is 0.251 e. The van der Waals surface area contributed by atoms with Gasteiger partial charge in [-0.1, -0.05) is 51.1 Å². The summed E-state index contributed by atoms with van der Waals surface area (Å²) in [5.74, 6) is -0.516. The third-order valence-electron chi connectivity index (χ3n) is 12.7. The smallest absolute Gasteiger partial charge is 0.251 e. The standard InChI is InChI=1S/C44H60FN5O6/c1-25-36-20-31(44(36,3)4)21-37(25)47-42(53)39-38(26(2)51)43(54)56-50(39)23-30-17-32(45)22-35(40(30)55-9)28-16-29(19-34(18-28)49(7)8)41(52)46-33(24-48(5)6)15-27-13-11-10-12-14-27/h10-14,16-19,22,25-26,31,33,36-39,43,51,54H,15,20-21,23-24H2,1-9H3,(H,46,52)(H,47,53)/t25-,26-,31+,33-,36-,37-,38-,39-,43?/m0/s1. The molecular formula is C44H60FN5O6. The zero-order valence-electron chi connectivity index (χ0n) is 34.3. The van der Waals surface area contributed by atoms with Crippen LogP contribution in [0.1, 0.15) is 62.0 Å². The minimum atomic E-state index is -1.46. The highest BCUT2D eigenvalue weighted by Gasteiger charge is 2.57. The number of aliphatic hydroxyl groups is 2. The molecule has 3 aromatic carbocycles. The minimum Gasteiger partial charge on any atom is -0.496 e. The number of nitrogens with one attached hydrogen (secondary N) is 2. The molecule has 4 N–H and O–H groups in total. The third-order valence-corrected chi connectivity index (χ3v) is 12.7. The quantitative estimate of drug-likeness (QED) is 0.177. The molecule has 4 aliphatic rings. The van der Waals surface area contributed by atoms with Crippen LogP contribution >= 0.6 is 0 Å². The number of anilines is 1. The first-order valence-corrected chi connectivity index (χ1v) is 19.8. The molecule has 11 nitrogen and oxygen atoms in total. The molecule has 0 spiro atoms. The van der Waals surface area contributed by atoms with Crippen molar-refractivity contribution in [3.05, 3.63) is 83.2 Å². The Morgan fingerprint density at radius 1 is 1.07 bits per heavy atom. The number of amides is 2. The maximum atomic E-state index is 15.7. The van der Waals surface area contributed by atoms with Crippen LogP contribution in [0.5, 0.6) is 5.75 Å². The zero-order chi connectivity index (χ0) is 40.6. The minimum absolute atomic E-state index is 0.0457. The summed E-state index contributed by atoms with van der Waals surface area (Å²) in [5, 5.41) is 29.6. The highest BCUT2D eigenvalue weighted by Crippen LogP contribution is 2.61. The van der Waals surface area contributed by atoms with Gasteiger partial charge in [0, 0.05) is 55.1 Å². The van der Waals surface area contributed by atoms with Gasteiger partial charge in [-0.25, -0.2) is 4.39 Å². The summed E-state index contributed by atoms with van der Waals surface area (Å²) in [4.78, 5) is 37.9. The Labute approximate surface area is 331 Å². The molecule has 4 fully saturated rings. The van der Waals surface area contributed by atoms with Crippen LogP contribution in [0.3, 0.4) is 0 Å². The number of aliphatic hydroxyl groups excluding tert-OH is 2. The van der Waals surface area contributed by atoms with Crippen LogP contribution < -0.4 is 20.3 Å². The first kappa shape index (κ1) is 41.6. The summed E-state index contributed by atoms with van der Waals surface area (Å²) in [7, 11) is 9.16. The molecule has 12 heteroatoms. The molecule has 9 atom stereocenters. The van der Waals surface area contributed by atoms with E-state index in [1.165, 1.54) is 31.2 Å². The second-order valence-electron chi connectivity index (χ2n) is 17.3. The number of ether oxygens (including phenoxy) is 1. The molecule has 3 aliphatic carbocycles. The van der Waals surface area contributed by atoms with Gasteiger partial charge in [-0.3, -0.25) is 14.4 Å². The molecule has 1 unspecified atom stereocenters. The molecule has 1 aliphatic heterocycles. The largest absolute Gasteiger partial charge is 0.496 e. The van der Waals surface area contributed by atoms with Gasteiger partial charge in [-0.2, -0.15) is 5.06 Å². The van der Waals surface area contributed by atoms with E-state index in [1.807, 2.05) is 74.4 Å². The predicted octanol–water partition coefficient (Wildman–Crippen LogP) is 5.09. The van der Waals surface area contributed by atoms with Crippen LogP contribution in [0.15, 0.2) is 60.7 Å². The van der Waals surface area contributed by atoms with E-state index in [1.54, 1.807) is 12.1 Å². The summed E-state index contributed by atoms with van der Waals surface area (Å²) < 4.78 is 21.7. The van der Waals surface area contributed by atoms with E-state index >= 15 is 4.39 Å². The number of fused-ring (bicyclic) bond motifs is 2. The fourth-order valence-corrected chi connectivity index (χ4v) is 9.49. The average Bonchev–Trinajstić information content (AvgIpc) is 3.47. The zero-order valence-corrected chi connectivity index (χ0v) is 34.3. The van der Waals surface area contributed by atoms with Gasteiger partial charge in [-0.15, -0.1) is 0 Å². The SMILES string of the molecule is COc1c(CN2OC(O)[C@@H]([C@H](C)O)[C@H]2C(=O)N[C@H]2C[C@H]3C[C@@H]([C@@H]2C)C3(C)C)cc(F)cc1-c1cc(C(=O)N[C@@H](Cc2ccccc2)CN(C)C)cc(N(C)C)c1. The first-order valence-electron chi connectivity index (χ1n) is 19.8. The van der Waals surface area contributed by atoms with E-state index in [4.69, 9.17) is 9.57 Å². The summed E-state index contributed by atoms with van der Waals surface area (Å²) in [6.45, 7) is 8.81. The monoisotopic (exact) mass is 773 g/mol. The van der Waals surface area contributed by atoms with Crippen LogP contribution in [-0.4, -0.2) is 104 Å². The number of methoxy groups -OCH3 is 1. The van der Waals surface area contributed by atoms with Gasteiger partial charge in [-0.05, 0) is 105 Å². The van der Waals surface area contributed by atoms with Crippen LogP contribution in [0, 0.1) is 34.9 Å². The van der Waals surface area contributed by atoms with E-state index in [2.05, 4.69) is 31.4 Å². The van der Waals surface area contributed by atoms with Gasteiger partial charge in [0.2, 0.25) is 5.91 Å². The number of hydroxylamine groups is 2. The number of hydrogen-bond donors (Lipinski definition) is 4. The van der Waals surface area contributed by atoms with Gasteiger partial charge in [0.1, 0.15) is 17.6 Å². The van der Waals surface area contributed by atoms with Crippen molar-refractivity contribution < 1.29 is 33.8 Å². The van der Waals surface area contributed by atoms with Crippen molar-refractivity contribution in [2.45, 2.75) is 84.0 Å². The second-order valence-corrected chi connectivity index (χ2v) is 17.3. The number of benzene rings is 3. The van der Waals surface area contributed by atoms with Gasteiger partial charge in [0.05, 0.1) is 25.7 Å². The number of halogens is 1. The summed E-state index contributed by atoms with van der Waals surface area (Å²) in [6.07, 6.45) is 0.132. The number of nitrogens with zero attached hydrogens (tertiary/aromatic N) is 3. The highest BCUT2D eigenvalue weighted by molar-refractivity contribution is 5.97. The Hall–Kier alpha value is -4.07. The van der Waals surface area contributed by atoms with E-state index in [-0.39, 0.29) is 41.8 Å². The normalized spacial score (nSPS) is 26.6. The Kier molecular flexibility index (Phi) is 12.5. The second kappa shape index (κ2) is 16.8. The molecule has 1 saturated heterocycles. The van der Waals surface area contributed by atoms with Crippen molar-refractivity contribution in [2.24, 2.45) is 29.1 Å². The molecule has 1 heterocycles. The average molecular weight is 774 g/mol. The van der Waals surface area contributed by atoms with Crippen molar-refractivity contribution >= 4 is 17.5 Å². The number of carbonyl (C=O) groups excluding carboxylic acids is 2. The van der Waals surface area contributed by atoms with Crippen molar-refractivity contribution in [2.75, 3.05) is 46.7 Å². The number of carbonyl (C=O) groups is 2. The van der Waals surface area contributed by atoms with Crippen molar-refractivity contribution in [1.29, 1.82) is 0 Å². The number of likely N-dealkylation sites (N-methyl/N-ethyl adjacent to an activating group) is 1. The van der Waals surface area contributed by atoms with Gasteiger partial charge >= 0.3 is 0 Å². The molecule has 0 radical (unpaired) electrons. The lowest BCUT2D eigenvalue weighted by molar-refractivity contribution is -0.231. The fourth-order valence-electron chi connectivity index (χ4n) is 9.49. The van der Waals surface area contributed by atoms with Crippen molar-refractivity contribution in [3.63, 3.8) is 0 Å². The lowest BCUT2D eigenvalue weighted by Crippen LogP contribution is -2.62. The molecular weight excluding hydrogens is 714 g/mol. The summed E-state index contributed by atoms with van der Waals surface area (Å²) in [6, 6.07) is 16.8.